The van der Waals surface area contributed by atoms with Crippen molar-refractivity contribution in [3.8, 4) is 0 Å². The van der Waals surface area contributed by atoms with Gasteiger partial charge in [0.2, 0.25) is 5.91 Å². The number of aliphatic hydroxyl groups excluding tert-OH is 1. The van der Waals surface area contributed by atoms with Crippen LogP contribution in [0, 0.1) is 5.92 Å². The Balaban J connectivity index is 2.44. The Bertz CT molecular complexity index is 494. The van der Waals surface area contributed by atoms with E-state index in [1.807, 2.05) is 19.1 Å². The fourth-order valence-corrected chi connectivity index (χ4v) is 1.88. The van der Waals surface area contributed by atoms with Crippen LogP contribution in [0.2, 0.25) is 0 Å². The predicted octanol–water partition coefficient (Wildman–Crippen LogP) is 2.42. The van der Waals surface area contributed by atoms with E-state index in [9.17, 15) is 9.90 Å². The Hall–Kier alpha value is -1.84. The molecule has 2 rings (SSSR count). The zero-order valence-electron chi connectivity index (χ0n) is 10.3. The van der Waals surface area contributed by atoms with Crippen molar-refractivity contribution in [2.45, 2.75) is 27.2 Å². The van der Waals surface area contributed by atoms with Gasteiger partial charge < -0.3 is 5.11 Å². The van der Waals surface area contributed by atoms with Crippen molar-refractivity contribution >= 4 is 11.7 Å². The minimum atomic E-state index is -0.276. The van der Waals surface area contributed by atoms with E-state index < -0.39 is 0 Å². The maximum atomic E-state index is 12.0. The molecule has 2 heterocycles. The van der Waals surface area contributed by atoms with E-state index in [0.29, 0.717) is 11.4 Å². The molecule has 0 radical (unpaired) electrons. The predicted molar refractivity (Wildman–Crippen MR) is 65.6 cm³/mol. The van der Waals surface area contributed by atoms with Gasteiger partial charge >= 0.3 is 0 Å². The molecule has 1 N–H and O–H groups in total. The van der Waals surface area contributed by atoms with Crippen LogP contribution in [-0.4, -0.2) is 16.0 Å². The van der Waals surface area contributed by atoms with Crippen LogP contribution in [0.15, 0.2) is 29.8 Å². The maximum absolute atomic E-state index is 12.0. The number of pyridine rings is 1. The van der Waals surface area contributed by atoms with E-state index in [2.05, 4.69) is 4.98 Å². The van der Waals surface area contributed by atoms with Crippen LogP contribution in [0.4, 0.5) is 5.82 Å². The first-order valence-corrected chi connectivity index (χ1v) is 5.75. The number of aromatic nitrogens is 1. The van der Waals surface area contributed by atoms with E-state index >= 15 is 0 Å². The van der Waals surface area contributed by atoms with Crippen LogP contribution in [-0.2, 0) is 11.2 Å². The Kier molecular flexibility index (Phi) is 2.88. The van der Waals surface area contributed by atoms with Crippen LogP contribution in [0.25, 0.3) is 0 Å². The van der Waals surface area contributed by atoms with Gasteiger partial charge in [-0.25, -0.2) is 9.88 Å². The molecule has 1 amide bonds. The Morgan fingerprint density at radius 3 is 2.76 bits per heavy atom. The number of rotatable bonds is 2. The quantitative estimate of drug-likeness (QED) is 0.852. The highest BCUT2D eigenvalue weighted by atomic mass is 16.3. The maximum Gasteiger partial charge on any atom is 0.242 e. The van der Waals surface area contributed by atoms with Gasteiger partial charge in [-0.15, -0.1) is 0 Å². The number of amides is 1. The molecule has 0 saturated heterocycles. The Morgan fingerprint density at radius 1 is 1.53 bits per heavy atom. The summed E-state index contributed by atoms with van der Waals surface area (Å²) in [6.07, 6.45) is 2.53. The van der Waals surface area contributed by atoms with E-state index in [-0.39, 0.29) is 17.7 Å². The van der Waals surface area contributed by atoms with Crippen LogP contribution < -0.4 is 4.90 Å². The molecule has 4 nitrogen and oxygen atoms in total. The fraction of sp³-hybridized carbons (Fsp3) is 0.385. The lowest BCUT2D eigenvalue weighted by Gasteiger charge is -2.16. The van der Waals surface area contributed by atoms with Gasteiger partial charge in [-0.3, -0.25) is 4.79 Å². The highest BCUT2D eigenvalue weighted by Crippen LogP contribution is 2.31. The van der Waals surface area contributed by atoms with Crippen molar-refractivity contribution in [2.24, 2.45) is 5.92 Å². The van der Waals surface area contributed by atoms with Crippen molar-refractivity contribution in [1.82, 2.24) is 4.98 Å². The normalized spacial score (nSPS) is 20.3. The third kappa shape index (κ3) is 1.79. The smallest absolute Gasteiger partial charge is 0.242 e. The summed E-state index contributed by atoms with van der Waals surface area (Å²) in [4.78, 5) is 17.5. The Morgan fingerprint density at radius 2 is 2.24 bits per heavy atom. The zero-order valence-corrected chi connectivity index (χ0v) is 10.3. The second-order valence-corrected chi connectivity index (χ2v) is 4.28. The number of carbonyl (C=O) groups is 1. The molecular formula is C13H16N2O2. The summed E-state index contributed by atoms with van der Waals surface area (Å²) < 4.78 is 0. The van der Waals surface area contributed by atoms with E-state index in [4.69, 9.17) is 0 Å². The van der Waals surface area contributed by atoms with Crippen LogP contribution in [0.1, 0.15) is 26.3 Å². The van der Waals surface area contributed by atoms with Crippen molar-refractivity contribution in [1.29, 1.82) is 0 Å². The van der Waals surface area contributed by atoms with E-state index in [1.165, 1.54) is 4.90 Å². The zero-order chi connectivity index (χ0) is 12.6. The lowest BCUT2D eigenvalue weighted by molar-refractivity contribution is -0.119. The minimum absolute atomic E-state index is 0.0169. The molecule has 1 unspecified atom stereocenters. The average molecular weight is 232 g/mol. The van der Waals surface area contributed by atoms with Crippen molar-refractivity contribution in [2.75, 3.05) is 4.90 Å². The summed E-state index contributed by atoms with van der Waals surface area (Å²) in [6.45, 7) is 5.59. The number of hydrogen-bond donors (Lipinski definition) is 1. The molecule has 1 atom stereocenters. The number of hydrogen-bond acceptors (Lipinski definition) is 3. The number of nitrogens with zero attached hydrogens (tertiary/aromatic N) is 2. The molecule has 1 aliphatic heterocycles. The minimum Gasteiger partial charge on any atom is -0.494 e. The van der Waals surface area contributed by atoms with Crippen molar-refractivity contribution in [3.63, 3.8) is 0 Å². The molecule has 1 aliphatic rings. The second kappa shape index (κ2) is 4.20. The second-order valence-electron chi connectivity index (χ2n) is 4.28. The van der Waals surface area contributed by atoms with Gasteiger partial charge in [0.05, 0.1) is 5.92 Å². The van der Waals surface area contributed by atoms with Crippen molar-refractivity contribution < 1.29 is 9.90 Å². The summed E-state index contributed by atoms with van der Waals surface area (Å²) >= 11 is 0. The number of aryl methyl sites for hydroxylation is 1. The lowest BCUT2D eigenvalue weighted by atomic mass is 10.1. The van der Waals surface area contributed by atoms with Gasteiger partial charge in [0, 0.05) is 6.20 Å². The largest absolute Gasteiger partial charge is 0.494 e. The topological polar surface area (TPSA) is 53.4 Å². The number of carbonyl (C=O) groups excluding carboxylic acids is 1. The highest BCUT2D eigenvalue weighted by Gasteiger charge is 2.36. The fourth-order valence-electron chi connectivity index (χ4n) is 1.88. The molecule has 0 spiro atoms. The number of aliphatic hydroxyl groups is 1. The average Bonchev–Trinajstić information content (AvgIpc) is 2.54. The lowest BCUT2D eigenvalue weighted by Crippen LogP contribution is -2.28. The van der Waals surface area contributed by atoms with Gasteiger partial charge in [-0.2, -0.15) is 0 Å². The van der Waals surface area contributed by atoms with Gasteiger partial charge in [0.1, 0.15) is 5.82 Å². The summed E-state index contributed by atoms with van der Waals surface area (Å²) in [6, 6.07) is 3.74. The molecular weight excluding hydrogens is 216 g/mol. The molecule has 0 saturated carbocycles. The molecule has 0 bridgehead atoms. The monoisotopic (exact) mass is 232 g/mol. The molecule has 0 aromatic carbocycles. The van der Waals surface area contributed by atoms with Gasteiger partial charge in [-0.1, -0.05) is 6.92 Å². The van der Waals surface area contributed by atoms with Crippen molar-refractivity contribution in [3.05, 3.63) is 35.3 Å². The van der Waals surface area contributed by atoms with Crippen LogP contribution in [0.3, 0.4) is 0 Å². The third-order valence-electron chi connectivity index (χ3n) is 3.25. The summed E-state index contributed by atoms with van der Waals surface area (Å²) in [5.74, 6) is 0.113. The van der Waals surface area contributed by atoms with Crippen LogP contribution in [0.5, 0.6) is 0 Å². The standard InChI is InChI=1S/C13H16N2O2/c1-4-10-5-6-14-11(7-10)15-12(16)8(2)9(3)13(15)17/h5-8,17H,4H2,1-3H3. The third-order valence-corrected chi connectivity index (χ3v) is 3.25. The van der Waals surface area contributed by atoms with Crippen LogP contribution >= 0.6 is 0 Å². The summed E-state index contributed by atoms with van der Waals surface area (Å²) in [7, 11) is 0. The number of anilines is 1. The molecule has 0 fully saturated rings. The molecule has 90 valence electrons. The first-order valence-electron chi connectivity index (χ1n) is 5.75. The summed E-state index contributed by atoms with van der Waals surface area (Å²) in [5.41, 5.74) is 1.78. The van der Waals surface area contributed by atoms with E-state index in [1.54, 1.807) is 20.0 Å². The molecule has 4 heteroatoms. The van der Waals surface area contributed by atoms with E-state index in [0.717, 1.165) is 12.0 Å². The summed E-state index contributed by atoms with van der Waals surface area (Å²) in [5, 5.41) is 9.96. The molecule has 0 aliphatic carbocycles. The first-order chi connectivity index (χ1) is 8.06. The van der Waals surface area contributed by atoms with Gasteiger partial charge in [0.15, 0.2) is 5.88 Å². The molecule has 17 heavy (non-hydrogen) atoms. The van der Waals surface area contributed by atoms with Gasteiger partial charge in [0.25, 0.3) is 0 Å². The SMILES string of the molecule is CCc1ccnc(N2C(=O)C(C)C(C)=C2O)c1. The highest BCUT2D eigenvalue weighted by molar-refractivity contribution is 6.01. The molecule has 1 aromatic rings. The Labute approximate surface area is 101 Å². The molecule has 1 aromatic heterocycles. The van der Waals surface area contributed by atoms with Gasteiger partial charge in [-0.05, 0) is 43.5 Å². The first kappa shape index (κ1) is 11.6.